The molecule has 1 aliphatic carbocycles. The second kappa shape index (κ2) is 4.34. The summed E-state index contributed by atoms with van der Waals surface area (Å²) in [5.74, 6) is 0. The van der Waals surface area contributed by atoms with E-state index in [1.54, 1.807) is 0 Å². The SMILES string of the molecule is Cc1cccc(NC2CCN(C3CC3)C2)c1C. The van der Waals surface area contributed by atoms with Gasteiger partial charge in [-0.2, -0.15) is 0 Å². The third kappa shape index (κ3) is 2.32. The fraction of sp³-hybridized carbons (Fsp3) is 0.600. The molecule has 17 heavy (non-hydrogen) atoms. The smallest absolute Gasteiger partial charge is 0.0400 e. The average Bonchev–Trinajstić information content (AvgIpc) is 3.06. The van der Waals surface area contributed by atoms with E-state index >= 15 is 0 Å². The predicted octanol–water partition coefficient (Wildman–Crippen LogP) is 2.95. The summed E-state index contributed by atoms with van der Waals surface area (Å²) >= 11 is 0. The van der Waals surface area contributed by atoms with E-state index < -0.39 is 0 Å². The summed E-state index contributed by atoms with van der Waals surface area (Å²) in [6, 6.07) is 8.11. The van der Waals surface area contributed by atoms with Crippen LogP contribution < -0.4 is 5.32 Å². The molecular formula is C15H22N2. The first kappa shape index (κ1) is 11.1. The molecule has 0 aromatic heterocycles. The molecule has 0 spiro atoms. The van der Waals surface area contributed by atoms with E-state index in [-0.39, 0.29) is 0 Å². The van der Waals surface area contributed by atoms with Crippen LogP contribution in [0.4, 0.5) is 5.69 Å². The number of nitrogens with zero attached hydrogens (tertiary/aromatic N) is 1. The highest BCUT2D eigenvalue weighted by Gasteiger charge is 2.34. The third-order valence-corrected chi connectivity index (χ3v) is 4.25. The van der Waals surface area contributed by atoms with Crippen LogP contribution in [0.5, 0.6) is 0 Å². The Labute approximate surface area is 104 Å². The number of aryl methyl sites for hydroxylation is 1. The Morgan fingerprint density at radius 1 is 1.18 bits per heavy atom. The first-order valence-electron chi connectivity index (χ1n) is 6.81. The molecule has 1 saturated carbocycles. The number of anilines is 1. The van der Waals surface area contributed by atoms with Gasteiger partial charge in [0, 0.05) is 30.9 Å². The molecule has 0 radical (unpaired) electrons. The van der Waals surface area contributed by atoms with E-state index in [2.05, 4.69) is 42.3 Å². The van der Waals surface area contributed by atoms with Crippen molar-refractivity contribution in [3.8, 4) is 0 Å². The molecule has 2 fully saturated rings. The number of hydrogen-bond acceptors (Lipinski definition) is 2. The molecule has 1 unspecified atom stereocenters. The van der Waals surface area contributed by atoms with Crippen molar-refractivity contribution < 1.29 is 0 Å². The Hall–Kier alpha value is -1.02. The molecule has 1 N–H and O–H groups in total. The van der Waals surface area contributed by atoms with Gasteiger partial charge in [-0.15, -0.1) is 0 Å². The van der Waals surface area contributed by atoms with Crippen LogP contribution in [0.15, 0.2) is 18.2 Å². The van der Waals surface area contributed by atoms with E-state index in [0.717, 1.165) is 6.04 Å². The second-order valence-electron chi connectivity index (χ2n) is 5.60. The van der Waals surface area contributed by atoms with Gasteiger partial charge >= 0.3 is 0 Å². The Bertz CT molecular complexity index is 409. The van der Waals surface area contributed by atoms with E-state index in [1.807, 2.05) is 0 Å². The van der Waals surface area contributed by atoms with Gasteiger partial charge in [-0.05, 0) is 50.3 Å². The van der Waals surface area contributed by atoms with Crippen LogP contribution in [-0.4, -0.2) is 30.1 Å². The monoisotopic (exact) mass is 230 g/mol. The molecule has 0 bridgehead atoms. The molecular weight excluding hydrogens is 208 g/mol. The van der Waals surface area contributed by atoms with Gasteiger partial charge in [0.05, 0.1) is 0 Å². The van der Waals surface area contributed by atoms with E-state index in [0.29, 0.717) is 6.04 Å². The van der Waals surface area contributed by atoms with Crippen molar-refractivity contribution in [3.63, 3.8) is 0 Å². The highest BCUT2D eigenvalue weighted by molar-refractivity contribution is 5.54. The van der Waals surface area contributed by atoms with Crippen LogP contribution in [0.2, 0.25) is 0 Å². The number of benzene rings is 1. The molecule has 2 nitrogen and oxygen atoms in total. The highest BCUT2D eigenvalue weighted by atomic mass is 15.2. The van der Waals surface area contributed by atoms with Crippen molar-refractivity contribution in [1.82, 2.24) is 4.90 Å². The van der Waals surface area contributed by atoms with Gasteiger partial charge in [-0.3, -0.25) is 4.90 Å². The van der Waals surface area contributed by atoms with Crippen molar-refractivity contribution in [2.24, 2.45) is 0 Å². The van der Waals surface area contributed by atoms with Gasteiger partial charge in [-0.25, -0.2) is 0 Å². The second-order valence-corrected chi connectivity index (χ2v) is 5.60. The summed E-state index contributed by atoms with van der Waals surface area (Å²) in [6.45, 7) is 6.92. The van der Waals surface area contributed by atoms with E-state index in [1.165, 1.54) is 49.2 Å². The van der Waals surface area contributed by atoms with Crippen molar-refractivity contribution in [3.05, 3.63) is 29.3 Å². The van der Waals surface area contributed by atoms with Crippen molar-refractivity contribution in [1.29, 1.82) is 0 Å². The van der Waals surface area contributed by atoms with E-state index in [9.17, 15) is 0 Å². The van der Waals surface area contributed by atoms with Gasteiger partial charge in [0.25, 0.3) is 0 Å². The largest absolute Gasteiger partial charge is 0.381 e. The van der Waals surface area contributed by atoms with Crippen LogP contribution in [0, 0.1) is 13.8 Å². The molecule has 1 heterocycles. The molecule has 1 aliphatic heterocycles. The summed E-state index contributed by atoms with van der Waals surface area (Å²) in [4.78, 5) is 2.66. The summed E-state index contributed by atoms with van der Waals surface area (Å²) in [7, 11) is 0. The molecule has 92 valence electrons. The number of rotatable bonds is 3. The topological polar surface area (TPSA) is 15.3 Å². The standard InChI is InChI=1S/C15H22N2/c1-11-4-3-5-15(12(11)2)16-13-8-9-17(10-13)14-6-7-14/h3-5,13-14,16H,6-10H2,1-2H3. The molecule has 2 aliphatic rings. The minimum atomic E-state index is 0.649. The van der Waals surface area contributed by atoms with Gasteiger partial charge in [0.15, 0.2) is 0 Å². The van der Waals surface area contributed by atoms with Gasteiger partial charge in [-0.1, -0.05) is 12.1 Å². The minimum absolute atomic E-state index is 0.649. The lowest BCUT2D eigenvalue weighted by atomic mass is 10.1. The van der Waals surface area contributed by atoms with Crippen LogP contribution >= 0.6 is 0 Å². The fourth-order valence-electron chi connectivity index (χ4n) is 2.80. The molecule has 2 heteroatoms. The quantitative estimate of drug-likeness (QED) is 0.859. The zero-order valence-electron chi connectivity index (χ0n) is 10.9. The summed E-state index contributed by atoms with van der Waals surface area (Å²) in [6.07, 6.45) is 4.15. The molecule has 1 saturated heterocycles. The highest BCUT2D eigenvalue weighted by Crippen LogP contribution is 2.31. The number of nitrogens with one attached hydrogen (secondary N) is 1. The lowest BCUT2D eigenvalue weighted by Gasteiger charge is -2.18. The summed E-state index contributed by atoms with van der Waals surface area (Å²) in [5, 5.41) is 3.72. The van der Waals surface area contributed by atoms with Crippen LogP contribution in [0.1, 0.15) is 30.4 Å². The normalized spacial score (nSPS) is 25.2. The maximum Gasteiger partial charge on any atom is 0.0400 e. The molecule has 1 aromatic rings. The maximum absolute atomic E-state index is 3.72. The zero-order valence-corrected chi connectivity index (χ0v) is 10.9. The molecule has 1 atom stereocenters. The third-order valence-electron chi connectivity index (χ3n) is 4.25. The van der Waals surface area contributed by atoms with Gasteiger partial charge < -0.3 is 5.32 Å². The Morgan fingerprint density at radius 2 is 2.00 bits per heavy atom. The first-order chi connectivity index (χ1) is 8.24. The molecule has 3 rings (SSSR count). The van der Waals surface area contributed by atoms with Crippen LogP contribution in [0.25, 0.3) is 0 Å². The van der Waals surface area contributed by atoms with E-state index in [4.69, 9.17) is 0 Å². The van der Waals surface area contributed by atoms with Crippen LogP contribution in [-0.2, 0) is 0 Å². The average molecular weight is 230 g/mol. The predicted molar refractivity (Wildman–Crippen MR) is 72.5 cm³/mol. The van der Waals surface area contributed by atoms with Gasteiger partial charge in [0.2, 0.25) is 0 Å². The Balaban J connectivity index is 1.65. The number of likely N-dealkylation sites (tertiary alicyclic amines) is 1. The van der Waals surface area contributed by atoms with Crippen molar-refractivity contribution >= 4 is 5.69 Å². The lowest BCUT2D eigenvalue weighted by Crippen LogP contribution is -2.27. The van der Waals surface area contributed by atoms with Crippen molar-refractivity contribution in [2.45, 2.75) is 45.2 Å². The summed E-state index contributed by atoms with van der Waals surface area (Å²) < 4.78 is 0. The first-order valence-corrected chi connectivity index (χ1v) is 6.81. The fourth-order valence-corrected chi connectivity index (χ4v) is 2.80. The Kier molecular flexibility index (Phi) is 2.83. The number of hydrogen-bond donors (Lipinski definition) is 1. The zero-order chi connectivity index (χ0) is 11.8. The van der Waals surface area contributed by atoms with Gasteiger partial charge in [0.1, 0.15) is 0 Å². The van der Waals surface area contributed by atoms with Crippen molar-refractivity contribution in [2.75, 3.05) is 18.4 Å². The lowest BCUT2D eigenvalue weighted by molar-refractivity contribution is 0.326. The molecule has 1 aromatic carbocycles. The maximum atomic E-state index is 3.72. The Morgan fingerprint density at radius 3 is 2.76 bits per heavy atom. The van der Waals surface area contributed by atoms with Crippen LogP contribution in [0.3, 0.4) is 0 Å². The minimum Gasteiger partial charge on any atom is -0.381 e. The molecule has 0 amide bonds. The summed E-state index contributed by atoms with van der Waals surface area (Å²) in [5.41, 5.74) is 4.11.